The zero-order chi connectivity index (χ0) is 17.5. The molecule has 2 bridgehead atoms. The van der Waals surface area contributed by atoms with Crippen LogP contribution in [-0.2, 0) is 4.79 Å². The molecule has 1 saturated carbocycles. The van der Waals surface area contributed by atoms with Gasteiger partial charge in [0.2, 0.25) is 0 Å². The Bertz CT molecular complexity index is 538. The average molecular weight is 360 g/mol. The molecule has 4 aliphatic rings. The minimum atomic E-state index is -4.69. The number of rotatable bonds is 0. The fourth-order valence-corrected chi connectivity index (χ4v) is 5.67. The zero-order valence-corrected chi connectivity index (χ0v) is 14.9. The van der Waals surface area contributed by atoms with Crippen molar-refractivity contribution in [1.82, 2.24) is 4.90 Å². The molecule has 3 atom stereocenters. The molecule has 1 aliphatic heterocycles. The Hall–Kier alpha value is -0.500. The molecule has 0 radical (unpaired) electrons. The standard InChI is InChI=1S/C17H25NO.ClHO4/c1-18-9-8-17-7-3-2-4-14(17)16(18)10-12-5-6-13(19)11-15(12)17;2-1(3,4)5/h14,16H,2-11H2,1H3;(H,2,3,4,5)/t14-,16+,17+;/m0./s1. The summed E-state index contributed by atoms with van der Waals surface area (Å²) in [4.78, 5) is 14.6. The maximum Gasteiger partial charge on any atom is 0.137 e. The first kappa shape index (κ1) is 18.3. The molecule has 0 aromatic carbocycles. The van der Waals surface area contributed by atoms with Crippen LogP contribution in [0.5, 0.6) is 0 Å². The molecule has 3 aliphatic carbocycles. The van der Waals surface area contributed by atoms with Crippen molar-refractivity contribution in [3.05, 3.63) is 11.1 Å². The quantitative estimate of drug-likeness (QED) is 0.567. The highest BCUT2D eigenvalue weighted by molar-refractivity contribution is 5.83. The van der Waals surface area contributed by atoms with Gasteiger partial charge in [-0.05, 0) is 57.0 Å². The molecular weight excluding hydrogens is 334 g/mol. The summed E-state index contributed by atoms with van der Waals surface area (Å²) in [6, 6.07) is 0.779. The number of carbonyl (C=O) groups is 1. The largest absolute Gasteiger partial charge is 0.303 e. The molecule has 6 nitrogen and oxygen atoms in total. The van der Waals surface area contributed by atoms with Crippen LogP contribution in [0.4, 0.5) is 0 Å². The van der Waals surface area contributed by atoms with Crippen LogP contribution in [0, 0.1) is 21.6 Å². The molecule has 0 unspecified atom stereocenters. The second-order valence-corrected chi connectivity index (χ2v) is 8.50. The highest BCUT2D eigenvalue weighted by Gasteiger charge is 2.54. The Balaban J connectivity index is 0.000000300. The van der Waals surface area contributed by atoms with Gasteiger partial charge in [-0.2, -0.15) is 14.0 Å². The number of likely N-dealkylation sites (tertiary alicyclic amines) is 1. The Morgan fingerprint density at radius 3 is 2.62 bits per heavy atom. The van der Waals surface area contributed by atoms with Crippen LogP contribution in [0.25, 0.3) is 0 Å². The summed E-state index contributed by atoms with van der Waals surface area (Å²) in [5.74, 6) is 1.36. The number of allylic oxidation sites excluding steroid dienone is 1. The van der Waals surface area contributed by atoms with Gasteiger partial charge in [0.05, 0.1) is 14.9 Å². The van der Waals surface area contributed by atoms with Crippen molar-refractivity contribution in [2.75, 3.05) is 13.6 Å². The van der Waals surface area contributed by atoms with Crippen molar-refractivity contribution in [1.29, 1.82) is 0 Å². The Kier molecular flexibility index (Phi) is 5.08. The van der Waals surface area contributed by atoms with Crippen LogP contribution in [0.1, 0.15) is 57.8 Å². The van der Waals surface area contributed by atoms with Gasteiger partial charge in [-0.25, -0.2) is 0 Å². The maximum absolute atomic E-state index is 12.0. The first-order valence-corrected chi connectivity index (χ1v) is 10.0. The van der Waals surface area contributed by atoms with Gasteiger partial charge in [0.25, 0.3) is 0 Å². The maximum atomic E-state index is 12.0. The highest BCUT2D eigenvalue weighted by Crippen LogP contribution is 2.60. The predicted octanol–water partition coefficient (Wildman–Crippen LogP) is -0.804. The molecule has 1 N–H and O–H groups in total. The van der Waals surface area contributed by atoms with Gasteiger partial charge in [-0.15, -0.1) is 0 Å². The lowest BCUT2D eigenvalue weighted by Crippen LogP contribution is -2.58. The summed E-state index contributed by atoms with van der Waals surface area (Å²) < 4.78 is 32.7. The van der Waals surface area contributed by atoms with E-state index in [9.17, 15) is 4.79 Å². The van der Waals surface area contributed by atoms with E-state index in [0.717, 1.165) is 31.2 Å². The first-order valence-electron chi connectivity index (χ1n) is 8.77. The molecule has 7 heteroatoms. The SMILES string of the molecule is CN1CC[C@]23CCCC[C@H]2[C@H]1CC1=C3CC(=O)CC1.[O-][Cl+3]([O-])([O-])O. The number of hydrogen-bond acceptors (Lipinski definition) is 6. The van der Waals surface area contributed by atoms with E-state index in [-0.39, 0.29) is 0 Å². The fraction of sp³-hybridized carbons (Fsp3) is 0.824. The van der Waals surface area contributed by atoms with Crippen molar-refractivity contribution in [3.8, 4) is 0 Å². The summed E-state index contributed by atoms with van der Waals surface area (Å²) in [5.41, 5.74) is 3.77. The molecule has 0 aromatic heterocycles. The smallest absolute Gasteiger partial charge is 0.137 e. The summed E-state index contributed by atoms with van der Waals surface area (Å²) in [6.45, 7) is 1.24. The molecule has 136 valence electrons. The van der Waals surface area contributed by atoms with E-state index in [1.807, 2.05) is 0 Å². The number of piperidine rings is 1. The lowest BCUT2D eigenvalue weighted by molar-refractivity contribution is -1.92. The molecule has 1 saturated heterocycles. The first-order chi connectivity index (χ1) is 11.2. The summed E-state index contributed by atoms with van der Waals surface area (Å²) >= 11 is 0. The fourth-order valence-electron chi connectivity index (χ4n) is 5.67. The monoisotopic (exact) mass is 359 g/mol. The third-order valence-corrected chi connectivity index (χ3v) is 6.60. The molecular formula is C17H26ClNO5. The third-order valence-electron chi connectivity index (χ3n) is 6.60. The minimum Gasteiger partial charge on any atom is -0.303 e. The van der Waals surface area contributed by atoms with E-state index in [1.54, 1.807) is 11.1 Å². The lowest BCUT2D eigenvalue weighted by atomic mass is 9.50. The lowest BCUT2D eigenvalue weighted by Gasteiger charge is -2.60. The number of carbonyl (C=O) groups excluding carboxylic acids is 1. The van der Waals surface area contributed by atoms with Crippen LogP contribution in [0.2, 0.25) is 0 Å². The second kappa shape index (κ2) is 6.67. The summed E-state index contributed by atoms with van der Waals surface area (Å²) in [5, 5.41) is 0. The Morgan fingerprint density at radius 2 is 1.92 bits per heavy atom. The van der Waals surface area contributed by atoms with E-state index in [2.05, 4.69) is 11.9 Å². The summed E-state index contributed by atoms with van der Waals surface area (Å²) in [7, 11) is -2.37. The van der Waals surface area contributed by atoms with Gasteiger partial charge in [0.1, 0.15) is 5.78 Å². The van der Waals surface area contributed by atoms with Gasteiger partial charge >= 0.3 is 0 Å². The minimum absolute atomic E-state index is 0.444. The topological polar surface area (TPSA) is 110 Å². The van der Waals surface area contributed by atoms with E-state index in [1.165, 1.54) is 45.1 Å². The number of halogens is 1. The van der Waals surface area contributed by atoms with E-state index < -0.39 is 10.2 Å². The van der Waals surface area contributed by atoms with Crippen molar-refractivity contribution in [2.24, 2.45) is 11.3 Å². The number of nitrogens with zero attached hydrogens (tertiary/aromatic N) is 1. The number of Topliss-reactive ketones (excluding diaryl/α,β-unsaturated/α-hetero) is 1. The van der Waals surface area contributed by atoms with E-state index in [4.69, 9.17) is 18.6 Å². The van der Waals surface area contributed by atoms with Gasteiger partial charge in [0, 0.05) is 18.9 Å². The van der Waals surface area contributed by atoms with Crippen molar-refractivity contribution >= 4 is 5.78 Å². The third kappa shape index (κ3) is 3.54. The molecule has 4 rings (SSSR count). The van der Waals surface area contributed by atoms with Crippen molar-refractivity contribution < 1.29 is 33.7 Å². The highest BCUT2D eigenvalue weighted by atomic mass is 35.7. The van der Waals surface area contributed by atoms with Crippen LogP contribution >= 0.6 is 0 Å². The van der Waals surface area contributed by atoms with Gasteiger partial charge in [0.15, 0.2) is 0 Å². The molecule has 0 aromatic rings. The summed E-state index contributed by atoms with van der Waals surface area (Å²) in [6.07, 6.45) is 10.9. The van der Waals surface area contributed by atoms with Crippen LogP contribution in [0.15, 0.2) is 11.1 Å². The molecule has 0 amide bonds. The van der Waals surface area contributed by atoms with Gasteiger partial charge in [-0.3, -0.25) is 4.79 Å². The van der Waals surface area contributed by atoms with Gasteiger partial charge < -0.3 is 4.90 Å². The molecule has 24 heavy (non-hydrogen) atoms. The van der Waals surface area contributed by atoms with Crippen molar-refractivity contribution in [3.63, 3.8) is 0 Å². The zero-order valence-electron chi connectivity index (χ0n) is 14.1. The van der Waals surface area contributed by atoms with Gasteiger partial charge in [-0.1, -0.05) is 24.0 Å². The Labute approximate surface area is 144 Å². The van der Waals surface area contributed by atoms with Crippen LogP contribution < -0.4 is 14.0 Å². The second-order valence-electron chi connectivity index (χ2n) is 7.70. The predicted molar refractivity (Wildman–Crippen MR) is 78.1 cm³/mol. The van der Waals surface area contributed by atoms with Crippen molar-refractivity contribution in [2.45, 2.75) is 63.8 Å². The van der Waals surface area contributed by atoms with E-state index >= 15 is 0 Å². The van der Waals surface area contributed by atoms with Crippen LogP contribution in [-0.4, -0.2) is 35.0 Å². The molecule has 0 spiro atoms. The average Bonchev–Trinajstić information content (AvgIpc) is 2.50. The molecule has 2 fully saturated rings. The van der Waals surface area contributed by atoms with E-state index in [0.29, 0.717) is 11.2 Å². The Morgan fingerprint density at radius 1 is 1.21 bits per heavy atom. The molecule has 1 heterocycles. The number of hydrogen-bond donors (Lipinski definition) is 1. The van der Waals surface area contributed by atoms with Crippen LogP contribution in [0.3, 0.4) is 0 Å². The normalized spacial score (nSPS) is 36.5. The number of ketones is 1.